The number of unbranched alkanes of at least 4 members (excludes halogenated alkanes) is 10. The molecule has 1 atom stereocenters. The monoisotopic (exact) mass is 726 g/mol. The second-order valence-electron chi connectivity index (χ2n) is 12.7. The molecule has 3 N–H and O–H groups in total. The quantitative estimate of drug-likeness (QED) is 0.0564. The van der Waals surface area contributed by atoms with E-state index in [1.807, 2.05) is 13.8 Å². The fourth-order valence-electron chi connectivity index (χ4n) is 5.49. The van der Waals surface area contributed by atoms with E-state index in [0.717, 1.165) is 37.3 Å². The number of benzene rings is 3. The molecular weight excluding hydrogens is 676 g/mol. The minimum Gasteiger partial charge on any atom is -0.506 e. The Hall–Kier alpha value is -3.89. The smallest absolute Gasteiger partial charge is 0.338 e. The van der Waals surface area contributed by atoms with Gasteiger partial charge in [-0.3, -0.25) is 9.59 Å². The Kier molecular flexibility index (Phi) is 16.8. The molecule has 2 amide bonds. The van der Waals surface area contributed by atoms with Gasteiger partial charge in [-0.15, -0.1) is 0 Å². The first kappa shape index (κ1) is 40.5. The van der Waals surface area contributed by atoms with Crippen LogP contribution in [0.25, 0.3) is 0 Å². The number of amides is 2. The molecule has 0 saturated heterocycles. The molecule has 3 aromatic rings. The van der Waals surface area contributed by atoms with E-state index in [1.54, 1.807) is 24.3 Å². The zero-order valence-corrected chi connectivity index (χ0v) is 31.0. The highest BCUT2D eigenvalue weighted by atomic mass is 35.5. The molecule has 0 aliphatic heterocycles. The number of hydrogen-bond donors (Lipinski definition) is 3. The summed E-state index contributed by atoms with van der Waals surface area (Å²) in [6, 6.07) is 14.8. The van der Waals surface area contributed by atoms with E-state index >= 15 is 0 Å². The van der Waals surface area contributed by atoms with Gasteiger partial charge in [0.05, 0.1) is 33.5 Å². The van der Waals surface area contributed by atoms with Crippen LogP contribution in [0.15, 0.2) is 65.6 Å². The van der Waals surface area contributed by atoms with Gasteiger partial charge in [-0.05, 0) is 56.2 Å². The molecule has 0 spiro atoms. The Bertz CT molecular complexity index is 1680. The van der Waals surface area contributed by atoms with Crippen LogP contribution < -0.4 is 10.6 Å². The van der Waals surface area contributed by atoms with E-state index in [0.29, 0.717) is 18.4 Å². The predicted octanol–water partition coefficient (Wildman–Crippen LogP) is 9.66. The Morgan fingerprint density at radius 3 is 2.02 bits per heavy atom. The molecule has 50 heavy (non-hydrogen) atoms. The third kappa shape index (κ3) is 12.5. The first-order valence-corrected chi connectivity index (χ1v) is 19.6. The second-order valence-corrected chi connectivity index (χ2v) is 15.2. The summed E-state index contributed by atoms with van der Waals surface area (Å²) in [5.41, 5.74) is 1.44. The number of phenols is 1. The van der Waals surface area contributed by atoms with Crippen LogP contribution >= 0.6 is 11.6 Å². The maximum atomic E-state index is 13.8. The van der Waals surface area contributed by atoms with Gasteiger partial charge in [0.25, 0.3) is 5.91 Å². The largest absolute Gasteiger partial charge is 0.506 e. The molecule has 11 heteroatoms. The van der Waals surface area contributed by atoms with Crippen molar-refractivity contribution in [3.8, 4) is 5.75 Å². The van der Waals surface area contributed by atoms with Crippen molar-refractivity contribution in [2.45, 2.75) is 114 Å². The summed E-state index contributed by atoms with van der Waals surface area (Å²) in [4.78, 5) is 38.8. The zero-order chi connectivity index (χ0) is 36.5. The van der Waals surface area contributed by atoms with E-state index < -0.39 is 32.9 Å². The number of carbonyl (C=O) groups excluding carboxylic acids is 3. The fourth-order valence-corrected chi connectivity index (χ4v) is 7.41. The highest BCUT2D eigenvalue weighted by molar-refractivity contribution is 7.92. The summed E-state index contributed by atoms with van der Waals surface area (Å²) in [6.07, 6.45) is 12.7. The van der Waals surface area contributed by atoms with Crippen molar-refractivity contribution >= 4 is 50.6 Å². The number of ether oxygens (including phenoxy) is 1. The van der Waals surface area contributed by atoms with Gasteiger partial charge in [-0.25, -0.2) is 13.2 Å². The number of aromatic hydroxyl groups is 1. The van der Waals surface area contributed by atoms with Crippen molar-refractivity contribution in [3.05, 3.63) is 82.4 Å². The summed E-state index contributed by atoms with van der Waals surface area (Å²) >= 11 is 6.42. The van der Waals surface area contributed by atoms with Gasteiger partial charge < -0.3 is 20.5 Å². The molecule has 0 fully saturated rings. The summed E-state index contributed by atoms with van der Waals surface area (Å²) in [7, 11) is -4.26. The molecule has 9 nitrogen and oxygen atoms in total. The third-order valence-corrected chi connectivity index (χ3v) is 10.9. The first-order chi connectivity index (χ1) is 24.0. The van der Waals surface area contributed by atoms with Crippen molar-refractivity contribution in [2.24, 2.45) is 0 Å². The number of anilines is 2. The van der Waals surface area contributed by atoms with Gasteiger partial charge in [-0.1, -0.05) is 120 Å². The van der Waals surface area contributed by atoms with Crippen LogP contribution in [-0.2, 0) is 19.4 Å². The Labute approximate surface area is 302 Å². The molecule has 0 heterocycles. The topological polar surface area (TPSA) is 139 Å². The normalized spacial score (nSPS) is 11.9. The van der Waals surface area contributed by atoms with E-state index in [2.05, 4.69) is 17.6 Å². The van der Waals surface area contributed by atoms with E-state index in [9.17, 15) is 27.9 Å². The number of esters is 1. The van der Waals surface area contributed by atoms with E-state index in [4.69, 9.17) is 16.3 Å². The van der Waals surface area contributed by atoms with Gasteiger partial charge in [0.2, 0.25) is 5.91 Å². The number of rotatable bonds is 21. The summed E-state index contributed by atoms with van der Waals surface area (Å²) < 4.78 is 33.1. The van der Waals surface area contributed by atoms with Crippen LogP contribution in [0.5, 0.6) is 5.75 Å². The van der Waals surface area contributed by atoms with Crippen molar-refractivity contribution in [1.29, 1.82) is 0 Å². The lowest BCUT2D eigenvalue weighted by molar-refractivity contribution is -0.116. The van der Waals surface area contributed by atoms with Gasteiger partial charge in [0.15, 0.2) is 9.84 Å². The molecule has 0 aromatic heterocycles. The highest BCUT2D eigenvalue weighted by Crippen LogP contribution is 2.35. The van der Waals surface area contributed by atoms with Crippen LogP contribution in [0.3, 0.4) is 0 Å². The van der Waals surface area contributed by atoms with Crippen LogP contribution in [0.2, 0.25) is 5.02 Å². The van der Waals surface area contributed by atoms with Gasteiger partial charge in [0.1, 0.15) is 11.0 Å². The molecule has 1 unspecified atom stereocenters. The molecular formula is C39H51ClN2O7S. The molecule has 3 rings (SSSR count). The number of aryl methyl sites for hydroxylation is 1. The number of carbonyl (C=O) groups is 3. The first-order valence-electron chi connectivity index (χ1n) is 17.7. The number of hydrogen-bond acceptors (Lipinski definition) is 7. The summed E-state index contributed by atoms with van der Waals surface area (Å²) in [5, 5.41) is 14.3. The standard InChI is InChI=1S/C39H51ClN2O7S/c1-4-6-8-9-10-11-12-13-14-15-24-49-39(46)30-17-16-18-31(25-30)50(47,48)36(19-7-5-2)38(45)41-33-27-35(43)34(26-32(33)40)42-37(44)29-22-20-28(3)21-23-29/h16-18,20-23,25-27,36,43H,4-15,19,24H2,1-3H3,(H,41,45)(H,42,44). The van der Waals surface area contributed by atoms with Crippen LogP contribution in [0.1, 0.15) is 124 Å². The van der Waals surface area contributed by atoms with Crippen molar-refractivity contribution < 1.29 is 32.6 Å². The molecule has 0 radical (unpaired) electrons. The summed E-state index contributed by atoms with van der Waals surface area (Å²) in [5.74, 6) is -2.31. The second kappa shape index (κ2) is 20.7. The average Bonchev–Trinajstić information content (AvgIpc) is 3.09. The number of sulfone groups is 1. The number of nitrogens with one attached hydrogen (secondary N) is 2. The maximum Gasteiger partial charge on any atom is 0.338 e. The zero-order valence-electron chi connectivity index (χ0n) is 29.4. The molecule has 3 aromatic carbocycles. The Balaban J connectivity index is 1.63. The Morgan fingerprint density at radius 2 is 1.38 bits per heavy atom. The maximum absolute atomic E-state index is 13.8. The van der Waals surface area contributed by atoms with Crippen molar-refractivity contribution in [3.63, 3.8) is 0 Å². The van der Waals surface area contributed by atoms with Crippen molar-refractivity contribution in [2.75, 3.05) is 17.2 Å². The van der Waals surface area contributed by atoms with Gasteiger partial charge in [0, 0.05) is 11.6 Å². The lowest BCUT2D eigenvalue weighted by Crippen LogP contribution is -2.35. The third-order valence-electron chi connectivity index (χ3n) is 8.52. The van der Waals surface area contributed by atoms with Gasteiger partial charge in [-0.2, -0.15) is 0 Å². The van der Waals surface area contributed by atoms with E-state index in [-0.39, 0.29) is 45.6 Å². The molecule has 0 saturated carbocycles. The van der Waals surface area contributed by atoms with E-state index in [1.165, 1.54) is 68.9 Å². The minimum atomic E-state index is -4.26. The Morgan fingerprint density at radius 1 is 0.760 bits per heavy atom. The SMILES string of the molecule is CCCCCCCCCCCCOC(=O)c1cccc(S(=O)(=O)C(CCCC)C(=O)Nc2cc(O)c(NC(=O)c3ccc(C)cc3)cc2Cl)c1. The fraction of sp³-hybridized carbons (Fsp3) is 0.462. The lowest BCUT2D eigenvalue weighted by atomic mass is 10.1. The predicted molar refractivity (Wildman–Crippen MR) is 200 cm³/mol. The number of halogens is 1. The van der Waals surface area contributed by atoms with Crippen molar-refractivity contribution in [1.82, 2.24) is 0 Å². The van der Waals surface area contributed by atoms with Gasteiger partial charge >= 0.3 is 5.97 Å². The highest BCUT2D eigenvalue weighted by Gasteiger charge is 2.34. The molecule has 0 aliphatic rings. The molecule has 0 aliphatic carbocycles. The van der Waals surface area contributed by atoms with Crippen LogP contribution in [-0.4, -0.2) is 43.2 Å². The molecule has 0 bridgehead atoms. The van der Waals surface area contributed by atoms with Crippen LogP contribution in [0.4, 0.5) is 11.4 Å². The van der Waals surface area contributed by atoms with Crippen LogP contribution in [0, 0.1) is 6.92 Å². The number of phenolic OH excluding ortho intramolecular Hbond substituents is 1. The lowest BCUT2D eigenvalue weighted by Gasteiger charge is -2.19. The summed E-state index contributed by atoms with van der Waals surface area (Å²) in [6.45, 7) is 6.23. The minimum absolute atomic E-state index is 0.0191. The molecule has 272 valence electrons. The average molecular weight is 727 g/mol.